The summed E-state index contributed by atoms with van der Waals surface area (Å²) in [4.78, 5) is 0. The summed E-state index contributed by atoms with van der Waals surface area (Å²) in [5, 5.41) is 25.1. The van der Waals surface area contributed by atoms with Crippen LogP contribution in [0.1, 0.15) is 67.2 Å². The maximum Gasteiger partial charge on any atom is 0 e. The van der Waals surface area contributed by atoms with Crippen LogP contribution in [0.3, 0.4) is 0 Å². The van der Waals surface area contributed by atoms with Crippen LogP contribution >= 0.6 is 0 Å². The molecular formula is C19H40FGeO3Zr-. The van der Waals surface area contributed by atoms with Crippen LogP contribution in [0.2, 0.25) is 11.5 Å². The van der Waals surface area contributed by atoms with Gasteiger partial charge in [-0.15, -0.1) is 0 Å². The van der Waals surface area contributed by atoms with Crippen LogP contribution < -0.4 is 0 Å². The molecule has 25 heavy (non-hydrogen) atoms. The molecule has 0 saturated heterocycles. The van der Waals surface area contributed by atoms with Gasteiger partial charge in [-0.25, -0.2) is 0 Å². The van der Waals surface area contributed by atoms with Gasteiger partial charge >= 0.3 is 57.8 Å². The first kappa shape index (κ1) is 33.3. The Kier molecular flexibility index (Phi) is 28.0. The predicted octanol–water partition coefficient (Wildman–Crippen LogP) is 4.72. The van der Waals surface area contributed by atoms with E-state index in [2.05, 4.69) is 6.08 Å². The Morgan fingerprint density at radius 1 is 0.960 bits per heavy atom. The van der Waals surface area contributed by atoms with Crippen LogP contribution in [0.5, 0.6) is 0 Å². The molecule has 0 amide bonds. The van der Waals surface area contributed by atoms with Crippen molar-refractivity contribution in [3.63, 3.8) is 0 Å². The molecule has 0 aromatic heterocycles. The summed E-state index contributed by atoms with van der Waals surface area (Å²) >= 11 is -2.96. The van der Waals surface area contributed by atoms with E-state index < -0.39 is 13.7 Å². The van der Waals surface area contributed by atoms with Gasteiger partial charge < -0.3 is 15.3 Å². The number of allylic oxidation sites excluding steroid dienone is 4. The van der Waals surface area contributed by atoms with Crippen LogP contribution in [0, 0.1) is 6.08 Å². The van der Waals surface area contributed by atoms with E-state index in [0.29, 0.717) is 0 Å². The molecular weight excluding hydrogens is 459 g/mol. The summed E-state index contributed by atoms with van der Waals surface area (Å²) in [6.45, 7) is 11.2. The van der Waals surface area contributed by atoms with E-state index in [0.717, 1.165) is 30.1 Å². The smallest absolute Gasteiger partial charge is 0 e. The van der Waals surface area contributed by atoms with E-state index in [1.54, 1.807) is 32.3 Å². The molecule has 0 saturated carbocycles. The molecule has 0 spiro atoms. The first-order valence-corrected chi connectivity index (χ1v) is 15.0. The van der Waals surface area contributed by atoms with Crippen molar-refractivity contribution in [1.29, 1.82) is 0 Å². The number of halogens is 1. The van der Waals surface area contributed by atoms with Gasteiger partial charge in [0, 0.05) is 26.2 Å². The average Bonchev–Trinajstić information content (AvgIpc) is 3.03. The van der Waals surface area contributed by atoms with Crippen molar-refractivity contribution in [2.45, 2.75) is 97.1 Å². The quantitative estimate of drug-likeness (QED) is 0.388. The summed E-state index contributed by atoms with van der Waals surface area (Å²) in [7, 11) is 0. The van der Waals surface area contributed by atoms with Crippen molar-refractivity contribution in [3.8, 4) is 0 Å². The van der Waals surface area contributed by atoms with E-state index in [-0.39, 0.29) is 44.5 Å². The number of aliphatic hydroxyl groups is 3. The maximum absolute atomic E-state index is 13.1. The molecule has 0 heterocycles. The fraction of sp³-hybridized carbons (Fsp3) is 0.789. The van der Waals surface area contributed by atoms with E-state index >= 15 is 0 Å². The predicted molar refractivity (Wildman–Crippen MR) is 105 cm³/mol. The first-order valence-electron chi connectivity index (χ1n) is 8.93. The van der Waals surface area contributed by atoms with Gasteiger partial charge in [-0.3, -0.25) is 0 Å². The molecule has 1 aliphatic rings. The Labute approximate surface area is 177 Å². The minimum atomic E-state index is -2.96. The number of rotatable bonds is 4. The molecule has 0 fully saturated rings. The molecule has 0 radical (unpaired) electrons. The van der Waals surface area contributed by atoms with Crippen molar-refractivity contribution >= 4 is 13.7 Å². The van der Waals surface area contributed by atoms with Gasteiger partial charge in [-0.2, -0.15) is 0 Å². The second kappa shape index (κ2) is 21.0. The minimum absolute atomic E-state index is 0. The molecule has 0 aromatic rings. The molecule has 3 atom stereocenters. The van der Waals surface area contributed by atoms with Gasteiger partial charge in [-0.05, 0) is 40.0 Å². The topological polar surface area (TPSA) is 60.7 Å². The SMILES string of the molecule is CCC(C)O.CCC(C)O.CCC(C)O.[CH3][Ge]([CH3])([F])[C]1=[C-]CC=C1.[Zr]. The Hall–Kier alpha value is 0.716. The normalized spacial score (nSPS) is 15.6. The van der Waals surface area contributed by atoms with Crippen molar-refractivity contribution in [2.75, 3.05) is 0 Å². The van der Waals surface area contributed by atoms with Crippen molar-refractivity contribution in [3.05, 3.63) is 22.6 Å². The Balaban J connectivity index is -0.000000122. The van der Waals surface area contributed by atoms with Crippen molar-refractivity contribution in [2.24, 2.45) is 0 Å². The fourth-order valence-corrected chi connectivity index (χ4v) is 2.99. The van der Waals surface area contributed by atoms with E-state index in [1.807, 2.05) is 32.9 Å². The van der Waals surface area contributed by atoms with Gasteiger partial charge in [0.1, 0.15) is 0 Å². The van der Waals surface area contributed by atoms with Gasteiger partial charge in [0.05, 0.1) is 18.3 Å². The van der Waals surface area contributed by atoms with Gasteiger partial charge in [0.15, 0.2) is 0 Å². The molecule has 0 bridgehead atoms. The molecule has 3 unspecified atom stereocenters. The average molecular weight is 499 g/mol. The summed E-state index contributed by atoms with van der Waals surface area (Å²) < 4.78 is 14.0. The molecule has 0 aliphatic heterocycles. The molecule has 1 aliphatic carbocycles. The number of hydrogen-bond donors (Lipinski definition) is 3. The monoisotopic (exact) mass is 499 g/mol. The summed E-state index contributed by atoms with van der Waals surface area (Å²) in [5.74, 6) is 3.47. The second-order valence-electron chi connectivity index (χ2n) is 6.44. The van der Waals surface area contributed by atoms with Crippen LogP contribution in [0.25, 0.3) is 0 Å². The molecule has 150 valence electrons. The molecule has 1 rings (SSSR count). The third-order valence-corrected chi connectivity index (χ3v) is 6.52. The zero-order chi connectivity index (χ0) is 19.8. The standard InChI is InChI=1S/C7H10FGe.3C4H10O.Zr/c1-9(2,8)7-5-3-4-6-7;3*1-3-4(2)5;/h3,5H,4H2,1-2H3;3*4-5H,3H2,1-2H3;/q-1;;;;. The van der Waals surface area contributed by atoms with E-state index in [4.69, 9.17) is 15.3 Å². The van der Waals surface area contributed by atoms with Gasteiger partial charge in [0.2, 0.25) is 0 Å². The van der Waals surface area contributed by atoms with Crippen LogP contribution in [0.15, 0.2) is 16.6 Å². The third kappa shape index (κ3) is 32.8. The summed E-state index contributed by atoms with van der Waals surface area (Å²) in [5.41, 5.74) is 0. The van der Waals surface area contributed by atoms with Crippen molar-refractivity contribution < 1.29 is 45.0 Å². The first-order chi connectivity index (χ1) is 10.9. The van der Waals surface area contributed by atoms with Crippen LogP contribution in [-0.2, 0) is 26.2 Å². The Morgan fingerprint density at radius 2 is 1.24 bits per heavy atom. The maximum atomic E-state index is 13.1. The second-order valence-corrected chi connectivity index (χ2v) is 13.8. The van der Waals surface area contributed by atoms with Crippen LogP contribution in [-0.4, -0.2) is 47.4 Å². The molecule has 3 N–H and O–H groups in total. The Bertz CT molecular complexity index is 306. The van der Waals surface area contributed by atoms with E-state index in [9.17, 15) is 3.50 Å². The Morgan fingerprint density at radius 3 is 1.32 bits per heavy atom. The number of aliphatic hydroxyl groups excluding tert-OH is 3. The molecule has 6 heteroatoms. The molecule has 0 aromatic carbocycles. The summed E-state index contributed by atoms with van der Waals surface area (Å²) in [6, 6.07) is 0. The third-order valence-electron chi connectivity index (χ3n) is 3.11. The fourth-order valence-electron chi connectivity index (χ4n) is 0.813. The number of hydrogen-bond acceptors (Lipinski definition) is 3. The zero-order valence-corrected chi connectivity index (χ0v) is 22.0. The van der Waals surface area contributed by atoms with Crippen LogP contribution in [0.4, 0.5) is 3.50 Å². The molecule has 3 nitrogen and oxygen atoms in total. The summed E-state index contributed by atoms with van der Waals surface area (Å²) in [6.07, 6.45) is 9.90. The van der Waals surface area contributed by atoms with Crippen molar-refractivity contribution in [1.82, 2.24) is 0 Å². The van der Waals surface area contributed by atoms with E-state index in [1.165, 1.54) is 0 Å². The minimum Gasteiger partial charge on any atom is 0 e. The largest absolute Gasteiger partial charge is 0 e. The van der Waals surface area contributed by atoms with Gasteiger partial charge in [-0.1, -0.05) is 20.8 Å². The zero-order valence-electron chi connectivity index (χ0n) is 17.4. The van der Waals surface area contributed by atoms with Gasteiger partial charge in [0.25, 0.3) is 0 Å².